The molecule has 1 unspecified atom stereocenters. The topological polar surface area (TPSA) is 88.3 Å². The first-order valence-electron chi connectivity index (χ1n) is 8.88. The summed E-state index contributed by atoms with van der Waals surface area (Å²) in [6.45, 7) is 0.169. The Morgan fingerprint density at radius 3 is 2.59 bits per heavy atom. The van der Waals surface area contributed by atoms with Gasteiger partial charge in [0.05, 0.1) is 0 Å². The number of nitrogens with one attached hydrogen (secondary N) is 2. The molecule has 1 aromatic heterocycles. The van der Waals surface area contributed by atoms with E-state index < -0.39 is 17.9 Å². The van der Waals surface area contributed by atoms with Gasteiger partial charge in [-0.15, -0.1) is 0 Å². The summed E-state index contributed by atoms with van der Waals surface area (Å²) in [5, 5.41) is 4.49. The van der Waals surface area contributed by atoms with Crippen LogP contribution in [-0.2, 0) is 16.0 Å². The molecule has 0 radical (unpaired) electrons. The fourth-order valence-corrected chi connectivity index (χ4v) is 3.23. The predicted molar refractivity (Wildman–Crippen MR) is 116 cm³/mol. The third-order valence-corrected chi connectivity index (χ3v) is 4.85. The van der Waals surface area contributed by atoms with E-state index in [1.165, 1.54) is 6.07 Å². The number of hydrogen-bond acceptors (Lipinski definition) is 4. The maximum absolute atomic E-state index is 12.6. The van der Waals surface area contributed by atoms with Gasteiger partial charge in [-0.25, -0.2) is 4.79 Å². The largest absolute Gasteiger partial charge is 0.463 e. The summed E-state index contributed by atoms with van der Waals surface area (Å²) in [6, 6.07) is 14.1. The molecule has 1 amide bonds. The number of esters is 1. The van der Waals surface area contributed by atoms with Crippen molar-refractivity contribution < 1.29 is 14.3 Å². The number of ether oxygens (including phenoxy) is 1. The van der Waals surface area contributed by atoms with Crippen molar-refractivity contribution in [2.24, 2.45) is 0 Å². The highest BCUT2D eigenvalue weighted by Crippen LogP contribution is 2.17. The highest BCUT2D eigenvalue weighted by Gasteiger charge is 2.24. The molecule has 0 aliphatic rings. The molecule has 3 rings (SSSR count). The summed E-state index contributed by atoms with van der Waals surface area (Å²) < 4.78 is 5.22. The van der Waals surface area contributed by atoms with Crippen molar-refractivity contribution >= 4 is 50.3 Å². The minimum absolute atomic E-state index is 0.116. The number of pyridine rings is 1. The number of H-pyrrole nitrogens is 1. The summed E-state index contributed by atoms with van der Waals surface area (Å²) in [6.07, 6.45) is 0.116. The molecule has 0 aliphatic heterocycles. The SMILES string of the molecule is O=C(NC(Cc1cc(=O)[nH]c2ccccc12)C(=O)OCCBr)c1ccc(Cl)cc1. The first-order chi connectivity index (χ1) is 14.0. The zero-order valence-corrected chi connectivity index (χ0v) is 17.6. The van der Waals surface area contributed by atoms with Crippen LogP contribution in [0.2, 0.25) is 5.02 Å². The van der Waals surface area contributed by atoms with Crippen molar-refractivity contribution in [1.82, 2.24) is 10.3 Å². The van der Waals surface area contributed by atoms with Crippen LogP contribution in [0.3, 0.4) is 0 Å². The van der Waals surface area contributed by atoms with Gasteiger partial charge in [0.25, 0.3) is 5.91 Å². The molecule has 0 saturated carbocycles. The van der Waals surface area contributed by atoms with E-state index in [0.29, 0.717) is 27.0 Å². The third-order valence-electron chi connectivity index (χ3n) is 4.28. The minimum Gasteiger partial charge on any atom is -0.463 e. The zero-order chi connectivity index (χ0) is 20.8. The molecule has 2 N–H and O–H groups in total. The van der Waals surface area contributed by atoms with E-state index in [1.807, 2.05) is 18.2 Å². The molecule has 1 heterocycles. The molecule has 29 heavy (non-hydrogen) atoms. The summed E-state index contributed by atoms with van der Waals surface area (Å²) in [5.74, 6) is -1.01. The van der Waals surface area contributed by atoms with Crippen LogP contribution in [0, 0.1) is 0 Å². The number of hydrogen-bond donors (Lipinski definition) is 2. The van der Waals surface area contributed by atoms with Gasteiger partial charge in [-0.05, 0) is 35.9 Å². The molecule has 0 saturated heterocycles. The van der Waals surface area contributed by atoms with Crippen LogP contribution in [0.5, 0.6) is 0 Å². The Bertz CT molecular complexity index is 1080. The van der Waals surface area contributed by atoms with Gasteiger partial charge in [0, 0.05) is 39.3 Å². The van der Waals surface area contributed by atoms with Crippen LogP contribution in [0.15, 0.2) is 59.4 Å². The molecular formula is C21H18BrClN2O4. The lowest BCUT2D eigenvalue weighted by molar-refractivity contribution is -0.145. The van der Waals surface area contributed by atoms with Gasteiger partial charge in [-0.1, -0.05) is 45.7 Å². The normalized spacial score (nSPS) is 11.8. The highest BCUT2D eigenvalue weighted by atomic mass is 79.9. The number of alkyl halides is 1. The number of fused-ring (bicyclic) bond motifs is 1. The zero-order valence-electron chi connectivity index (χ0n) is 15.3. The van der Waals surface area contributed by atoms with Gasteiger partial charge in [-0.2, -0.15) is 0 Å². The monoisotopic (exact) mass is 476 g/mol. The van der Waals surface area contributed by atoms with Gasteiger partial charge in [0.1, 0.15) is 12.6 Å². The summed E-state index contributed by atoms with van der Waals surface area (Å²) in [5.41, 5.74) is 1.38. The number of carbonyl (C=O) groups excluding carboxylic acids is 2. The average Bonchev–Trinajstić information content (AvgIpc) is 2.71. The first kappa shape index (κ1) is 21.1. The van der Waals surface area contributed by atoms with Crippen molar-refractivity contribution in [2.75, 3.05) is 11.9 Å². The van der Waals surface area contributed by atoms with Crippen LogP contribution >= 0.6 is 27.5 Å². The summed E-state index contributed by atoms with van der Waals surface area (Å²) in [7, 11) is 0. The van der Waals surface area contributed by atoms with E-state index in [9.17, 15) is 14.4 Å². The van der Waals surface area contributed by atoms with Crippen molar-refractivity contribution in [3.8, 4) is 0 Å². The minimum atomic E-state index is -0.956. The molecule has 0 fully saturated rings. The fourth-order valence-electron chi connectivity index (χ4n) is 2.94. The van der Waals surface area contributed by atoms with E-state index in [-0.39, 0.29) is 18.6 Å². The molecule has 2 aromatic carbocycles. The van der Waals surface area contributed by atoms with Gasteiger partial charge < -0.3 is 15.0 Å². The second kappa shape index (κ2) is 9.71. The molecule has 3 aromatic rings. The van der Waals surface area contributed by atoms with Gasteiger partial charge in [-0.3, -0.25) is 9.59 Å². The summed E-state index contributed by atoms with van der Waals surface area (Å²) in [4.78, 5) is 40.0. The molecule has 1 atom stereocenters. The van der Waals surface area contributed by atoms with Crippen molar-refractivity contribution in [2.45, 2.75) is 12.5 Å². The van der Waals surface area contributed by atoms with E-state index in [2.05, 4.69) is 26.2 Å². The predicted octanol–water partition coefficient (Wildman–Crippen LogP) is 3.46. The molecular weight excluding hydrogens is 460 g/mol. The van der Waals surface area contributed by atoms with Crippen LogP contribution < -0.4 is 10.9 Å². The number of halogens is 2. The highest BCUT2D eigenvalue weighted by molar-refractivity contribution is 9.09. The third kappa shape index (κ3) is 5.46. The lowest BCUT2D eigenvalue weighted by atomic mass is 10.0. The Kier molecular flexibility index (Phi) is 7.06. The van der Waals surface area contributed by atoms with E-state index in [0.717, 1.165) is 5.39 Å². The molecule has 0 bridgehead atoms. The number of rotatable bonds is 7. The van der Waals surface area contributed by atoms with Crippen molar-refractivity contribution in [3.63, 3.8) is 0 Å². The lowest BCUT2D eigenvalue weighted by Gasteiger charge is -2.18. The van der Waals surface area contributed by atoms with Gasteiger partial charge >= 0.3 is 5.97 Å². The Morgan fingerprint density at radius 1 is 1.14 bits per heavy atom. The number of amides is 1. The first-order valence-corrected chi connectivity index (χ1v) is 10.4. The van der Waals surface area contributed by atoms with Crippen molar-refractivity contribution in [1.29, 1.82) is 0 Å². The van der Waals surface area contributed by atoms with E-state index >= 15 is 0 Å². The number of aromatic nitrogens is 1. The number of para-hydroxylation sites is 1. The quantitative estimate of drug-likeness (QED) is 0.403. The van der Waals surface area contributed by atoms with E-state index in [4.69, 9.17) is 16.3 Å². The van der Waals surface area contributed by atoms with Gasteiger partial charge in [0.15, 0.2) is 0 Å². The Morgan fingerprint density at radius 2 is 1.86 bits per heavy atom. The maximum atomic E-state index is 12.6. The summed E-state index contributed by atoms with van der Waals surface area (Å²) >= 11 is 9.07. The number of benzene rings is 2. The maximum Gasteiger partial charge on any atom is 0.329 e. The van der Waals surface area contributed by atoms with Crippen LogP contribution in [-0.4, -0.2) is 34.8 Å². The average molecular weight is 478 g/mol. The smallest absolute Gasteiger partial charge is 0.329 e. The second-order valence-electron chi connectivity index (χ2n) is 6.30. The lowest BCUT2D eigenvalue weighted by Crippen LogP contribution is -2.43. The number of carbonyl (C=O) groups is 2. The Hall–Kier alpha value is -2.64. The molecule has 150 valence electrons. The second-order valence-corrected chi connectivity index (χ2v) is 7.53. The fraction of sp³-hybridized carbons (Fsp3) is 0.190. The molecule has 0 spiro atoms. The molecule has 6 nitrogen and oxygen atoms in total. The van der Waals surface area contributed by atoms with Gasteiger partial charge in [0.2, 0.25) is 5.56 Å². The molecule has 0 aliphatic carbocycles. The molecule has 8 heteroatoms. The van der Waals surface area contributed by atoms with E-state index in [1.54, 1.807) is 30.3 Å². The van der Waals surface area contributed by atoms with Crippen molar-refractivity contribution in [3.05, 3.63) is 81.1 Å². The van der Waals surface area contributed by atoms with Crippen LogP contribution in [0.1, 0.15) is 15.9 Å². The number of aromatic amines is 1. The Labute approximate surface area is 180 Å². The Balaban J connectivity index is 1.90. The van der Waals surface area contributed by atoms with Crippen LogP contribution in [0.25, 0.3) is 10.9 Å². The van der Waals surface area contributed by atoms with Crippen LogP contribution in [0.4, 0.5) is 0 Å². The standard InChI is InChI=1S/C21H18BrClN2O4/c22-9-10-29-21(28)18(25-20(27)13-5-7-15(23)8-6-13)11-14-12-19(26)24-17-4-2-1-3-16(14)17/h1-8,12,18H,9-11H2,(H,24,26)(H,25,27).